The zero-order valence-electron chi connectivity index (χ0n) is 15.1. The third-order valence-electron chi connectivity index (χ3n) is 3.94. The SMILES string of the molecule is O=C(Cc1ccc(F)cc1)NNC(=O)NCc1cccc(Cn2cccn2)c1. The fourth-order valence-electron chi connectivity index (χ4n) is 2.60. The van der Waals surface area contributed by atoms with E-state index in [0.29, 0.717) is 18.7 Å². The number of aromatic nitrogens is 2. The number of amides is 3. The molecule has 1 aromatic heterocycles. The Balaban J connectivity index is 1.41. The summed E-state index contributed by atoms with van der Waals surface area (Å²) in [6.45, 7) is 0.957. The molecule has 0 aliphatic rings. The van der Waals surface area contributed by atoms with Crippen molar-refractivity contribution in [1.82, 2.24) is 25.9 Å². The molecule has 3 aromatic rings. The van der Waals surface area contributed by atoms with E-state index >= 15 is 0 Å². The molecule has 0 aliphatic heterocycles. The summed E-state index contributed by atoms with van der Waals surface area (Å²) < 4.78 is 14.7. The van der Waals surface area contributed by atoms with Gasteiger partial charge in [0.05, 0.1) is 13.0 Å². The zero-order valence-corrected chi connectivity index (χ0v) is 15.1. The Morgan fingerprint density at radius 1 is 0.964 bits per heavy atom. The second kappa shape index (κ2) is 9.31. The molecule has 0 saturated heterocycles. The Bertz CT molecular complexity index is 926. The molecule has 7 nitrogen and oxygen atoms in total. The van der Waals surface area contributed by atoms with Crippen LogP contribution in [0.4, 0.5) is 9.18 Å². The maximum Gasteiger partial charge on any atom is 0.333 e. The van der Waals surface area contributed by atoms with Gasteiger partial charge in [-0.05, 0) is 34.9 Å². The lowest BCUT2D eigenvalue weighted by atomic mass is 10.1. The van der Waals surface area contributed by atoms with Crippen LogP contribution in [0.25, 0.3) is 0 Å². The monoisotopic (exact) mass is 381 g/mol. The smallest absolute Gasteiger partial charge is 0.333 e. The van der Waals surface area contributed by atoms with Crippen LogP contribution in [0.15, 0.2) is 67.0 Å². The lowest BCUT2D eigenvalue weighted by Gasteiger charge is -2.10. The topological polar surface area (TPSA) is 88.0 Å². The molecule has 144 valence electrons. The van der Waals surface area contributed by atoms with Crippen LogP contribution in [0.3, 0.4) is 0 Å². The van der Waals surface area contributed by atoms with Gasteiger partial charge in [-0.25, -0.2) is 14.6 Å². The van der Waals surface area contributed by atoms with Gasteiger partial charge in [0.25, 0.3) is 0 Å². The first-order valence-corrected chi connectivity index (χ1v) is 8.71. The van der Waals surface area contributed by atoms with E-state index < -0.39 is 11.9 Å². The van der Waals surface area contributed by atoms with Gasteiger partial charge in [-0.2, -0.15) is 5.10 Å². The molecule has 0 saturated carbocycles. The van der Waals surface area contributed by atoms with E-state index in [2.05, 4.69) is 21.3 Å². The van der Waals surface area contributed by atoms with Crippen LogP contribution >= 0.6 is 0 Å². The third kappa shape index (κ3) is 5.94. The van der Waals surface area contributed by atoms with E-state index in [1.165, 1.54) is 24.3 Å². The van der Waals surface area contributed by atoms with Gasteiger partial charge >= 0.3 is 6.03 Å². The highest BCUT2D eigenvalue weighted by molar-refractivity contribution is 5.82. The molecule has 8 heteroatoms. The number of nitrogens with one attached hydrogen (secondary N) is 3. The number of urea groups is 1. The normalized spacial score (nSPS) is 10.3. The quantitative estimate of drug-likeness (QED) is 0.572. The molecular weight excluding hydrogens is 361 g/mol. The number of hydrazine groups is 1. The largest absolute Gasteiger partial charge is 0.333 e. The molecule has 0 atom stereocenters. The Morgan fingerprint density at radius 3 is 2.50 bits per heavy atom. The molecule has 0 bridgehead atoms. The predicted octanol–water partition coefficient (Wildman–Crippen LogP) is 2.14. The summed E-state index contributed by atoms with van der Waals surface area (Å²) in [7, 11) is 0. The lowest BCUT2D eigenvalue weighted by molar-refractivity contribution is -0.121. The molecule has 3 N–H and O–H groups in total. The number of hydrogen-bond donors (Lipinski definition) is 3. The summed E-state index contributed by atoms with van der Waals surface area (Å²) in [4.78, 5) is 23.7. The average molecular weight is 381 g/mol. The number of carbonyl (C=O) groups excluding carboxylic acids is 2. The van der Waals surface area contributed by atoms with Crippen LogP contribution < -0.4 is 16.2 Å². The van der Waals surface area contributed by atoms with Gasteiger partial charge < -0.3 is 5.32 Å². The summed E-state index contributed by atoms with van der Waals surface area (Å²) in [5, 5.41) is 6.84. The summed E-state index contributed by atoms with van der Waals surface area (Å²) in [6, 6.07) is 14.7. The molecule has 0 fully saturated rings. The summed E-state index contributed by atoms with van der Waals surface area (Å²) >= 11 is 0. The van der Waals surface area contributed by atoms with E-state index in [1.807, 2.05) is 41.2 Å². The number of benzene rings is 2. The summed E-state index contributed by atoms with van der Waals surface area (Å²) in [5.74, 6) is -0.765. The molecule has 0 aliphatic carbocycles. The molecule has 3 rings (SSSR count). The van der Waals surface area contributed by atoms with E-state index in [1.54, 1.807) is 6.20 Å². The zero-order chi connectivity index (χ0) is 19.8. The number of nitrogens with zero attached hydrogens (tertiary/aromatic N) is 2. The first-order chi connectivity index (χ1) is 13.6. The van der Waals surface area contributed by atoms with Crippen molar-refractivity contribution in [2.24, 2.45) is 0 Å². The maximum atomic E-state index is 12.9. The van der Waals surface area contributed by atoms with E-state index in [4.69, 9.17) is 0 Å². The molecule has 28 heavy (non-hydrogen) atoms. The number of hydrogen-bond acceptors (Lipinski definition) is 3. The number of halogens is 1. The highest BCUT2D eigenvalue weighted by Crippen LogP contribution is 2.07. The first kappa shape index (κ1) is 19.1. The van der Waals surface area contributed by atoms with Gasteiger partial charge in [-0.1, -0.05) is 36.4 Å². The summed E-state index contributed by atoms with van der Waals surface area (Å²) in [5.41, 5.74) is 7.26. The van der Waals surface area contributed by atoms with Gasteiger partial charge in [0.15, 0.2) is 0 Å². The molecule has 1 heterocycles. The van der Waals surface area contributed by atoms with Crippen molar-refractivity contribution in [3.05, 3.63) is 89.5 Å². The molecule has 3 amide bonds. The average Bonchev–Trinajstić information content (AvgIpc) is 3.20. The third-order valence-corrected chi connectivity index (χ3v) is 3.94. The Labute approximate surface area is 161 Å². The van der Waals surface area contributed by atoms with Crippen molar-refractivity contribution < 1.29 is 14.0 Å². The lowest BCUT2D eigenvalue weighted by Crippen LogP contribution is -2.47. The second-order valence-electron chi connectivity index (χ2n) is 6.18. The van der Waals surface area contributed by atoms with Crippen LogP contribution in [-0.2, 0) is 24.3 Å². The highest BCUT2D eigenvalue weighted by atomic mass is 19.1. The van der Waals surface area contributed by atoms with Gasteiger partial charge in [-0.15, -0.1) is 0 Å². The fourth-order valence-corrected chi connectivity index (χ4v) is 2.60. The number of rotatable bonds is 6. The van der Waals surface area contributed by atoms with Crippen LogP contribution in [0.2, 0.25) is 0 Å². The molecule has 2 aromatic carbocycles. The molecule has 0 unspecified atom stereocenters. The predicted molar refractivity (Wildman–Crippen MR) is 101 cm³/mol. The maximum absolute atomic E-state index is 12.9. The Hall–Kier alpha value is -3.68. The van der Waals surface area contributed by atoms with E-state index in [9.17, 15) is 14.0 Å². The van der Waals surface area contributed by atoms with Crippen LogP contribution in [0.1, 0.15) is 16.7 Å². The molecule has 0 spiro atoms. The first-order valence-electron chi connectivity index (χ1n) is 8.71. The summed E-state index contributed by atoms with van der Waals surface area (Å²) in [6.07, 6.45) is 3.64. The van der Waals surface area contributed by atoms with E-state index in [0.717, 1.165) is 11.1 Å². The van der Waals surface area contributed by atoms with Crippen molar-refractivity contribution in [3.8, 4) is 0 Å². The van der Waals surface area contributed by atoms with Crippen molar-refractivity contribution >= 4 is 11.9 Å². The molecule has 0 radical (unpaired) electrons. The van der Waals surface area contributed by atoms with Crippen molar-refractivity contribution in [2.45, 2.75) is 19.5 Å². The van der Waals surface area contributed by atoms with Gasteiger partial charge in [0, 0.05) is 18.9 Å². The molecular formula is C20H20FN5O2. The second-order valence-corrected chi connectivity index (χ2v) is 6.18. The van der Waals surface area contributed by atoms with E-state index in [-0.39, 0.29) is 12.2 Å². The van der Waals surface area contributed by atoms with Crippen LogP contribution in [-0.4, -0.2) is 21.7 Å². The Kier molecular flexibility index (Phi) is 6.35. The fraction of sp³-hybridized carbons (Fsp3) is 0.150. The van der Waals surface area contributed by atoms with Crippen LogP contribution in [0.5, 0.6) is 0 Å². The minimum atomic E-state index is -0.523. The standard InChI is InChI=1S/C20H20FN5O2/c21-18-7-5-15(6-8-18)12-19(27)24-25-20(28)22-13-16-3-1-4-17(11-16)14-26-10-2-9-23-26/h1-11H,12-14H2,(H,24,27)(H2,22,25,28). The van der Waals surface area contributed by atoms with Crippen molar-refractivity contribution in [2.75, 3.05) is 0 Å². The number of carbonyl (C=O) groups is 2. The van der Waals surface area contributed by atoms with Crippen LogP contribution in [0, 0.1) is 5.82 Å². The highest BCUT2D eigenvalue weighted by Gasteiger charge is 2.06. The van der Waals surface area contributed by atoms with Gasteiger partial charge in [0.2, 0.25) is 5.91 Å². The van der Waals surface area contributed by atoms with Crippen molar-refractivity contribution in [3.63, 3.8) is 0 Å². The Morgan fingerprint density at radius 2 is 1.75 bits per heavy atom. The van der Waals surface area contributed by atoms with Gasteiger partial charge in [0.1, 0.15) is 5.82 Å². The minimum Gasteiger partial charge on any atom is -0.333 e. The van der Waals surface area contributed by atoms with Gasteiger partial charge in [-0.3, -0.25) is 14.9 Å². The van der Waals surface area contributed by atoms with Crippen molar-refractivity contribution in [1.29, 1.82) is 0 Å². The minimum absolute atomic E-state index is 0.0377.